The van der Waals surface area contributed by atoms with Crippen molar-refractivity contribution < 1.29 is 9.72 Å². The van der Waals surface area contributed by atoms with Crippen molar-refractivity contribution in [3.05, 3.63) is 74.3 Å². The highest BCUT2D eigenvalue weighted by atomic mass is 35.5. The molecule has 0 aliphatic carbocycles. The minimum Gasteiger partial charge on any atom is -0.350 e. The number of nitrogens with zero attached hydrogens (tertiary/aromatic N) is 2. The van der Waals surface area contributed by atoms with Gasteiger partial charge in [0.25, 0.3) is 11.6 Å². The van der Waals surface area contributed by atoms with E-state index in [0.29, 0.717) is 6.54 Å². The zero-order valence-corrected chi connectivity index (χ0v) is 17.3. The Bertz CT molecular complexity index is 862. The fourth-order valence-electron chi connectivity index (χ4n) is 3.74. The Morgan fingerprint density at radius 2 is 1.79 bits per heavy atom. The number of carbonyl (C=O) groups is 1. The Balaban J connectivity index is 1.77. The molecule has 1 amide bonds. The van der Waals surface area contributed by atoms with E-state index in [4.69, 9.17) is 11.6 Å². The van der Waals surface area contributed by atoms with Crippen molar-refractivity contribution in [2.45, 2.75) is 38.6 Å². The van der Waals surface area contributed by atoms with E-state index in [9.17, 15) is 14.9 Å². The Labute approximate surface area is 176 Å². The van der Waals surface area contributed by atoms with Crippen LogP contribution in [0.4, 0.5) is 5.69 Å². The Morgan fingerprint density at radius 3 is 2.41 bits per heavy atom. The predicted octanol–water partition coefficient (Wildman–Crippen LogP) is 4.90. The van der Waals surface area contributed by atoms with Gasteiger partial charge in [-0.2, -0.15) is 0 Å². The molecule has 0 spiro atoms. The molecule has 1 saturated heterocycles. The molecule has 0 aromatic heterocycles. The SMILES string of the molecule is Cc1ccc(C(CNC(=O)c2ccc(Cl)c([N+](=O)[O-])c2)N2CCCCCC2)cc1. The maximum atomic E-state index is 12.7. The van der Waals surface area contributed by atoms with Crippen LogP contribution in [-0.2, 0) is 0 Å². The van der Waals surface area contributed by atoms with Gasteiger partial charge in [0.15, 0.2) is 0 Å². The summed E-state index contributed by atoms with van der Waals surface area (Å²) in [6.45, 7) is 4.50. The summed E-state index contributed by atoms with van der Waals surface area (Å²) >= 11 is 5.85. The van der Waals surface area contributed by atoms with Gasteiger partial charge in [-0.1, -0.05) is 54.3 Å². The van der Waals surface area contributed by atoms with Gasteiger partial charge < -0.3 is 5.32 Å². The summed E-state index contributed by atoms with van der Waals surface area (Å²) in [7, 11) is 0. The zero-order chi connectivity index (χ0) is 20.8. The largest absolute Gasteiger partial charge is 0.350 e. The molecule has 1 unspecified atom stereocenters. The zero-order valence-electron chi connectivity index (χ0n) is 16.6. The van der Waals surface area contributed by atoms with E-state index >= 15 is 0 Å². The van der Waals surface area contributed by atoms with Gasteiger partial charge in [-0.3, -0.25) is 19.8 Å². The molecule has 0 radical (unpaired) electrons. The minimum atomic E-state index is -0.578. The van der Waals surface area contributed by atoms with Gasteiger partial charge in [-0.05, 0) is 50.6 Å². The lowest BCUT2D eigenvalue weighted by atomic mass is 10.0. The second-order valence-corrected chi connectivity index (χ2v) is 7.92. The van der Waals surface area contributed by atoms with Gasteiger partial charge in [0, 0.05) is 18.2 Å². The van der Waals surface area contributed by atoms with Crippen molar-refractivity contribution in [3.8, 4) is 0 Å². The van der Waals surface area contributed by atoms with Gasteiger partial charge in [0.1, 0.15) is 5.02 Å². The second-order valence-electron chi connectivity index (χ2n) is 7.51. The van der Waals surface area contributed by atoms with E-state index in [2.05, 4.69) is 41.4 Å². The van der Waals surface area contributed by atoms with Crippen molar-refractivity contribution in [1.82, 2.24) is 10.2 Å². The van der Waals surface area contributed by atoms with Gasteiger partial charge in [-0.15, -0.1) is 0 Å². The molecule has 2 aromatic rings. The summed E-state index contributed by atoms with van der Waals surface area (Å²) in [6.07, 6.45) is 4.77. The summed E-state index contributed by atoms with van der Waals surface area (Å²) in [4.78, 5) is 25.6. The lowest BCUT2D eigenvalue weighted by Crippen LogP contribution is -2.38. The minimum absolute atomic E-state index is 0.0219. The van der Waals surface area contributed by atoms with Crippen LogP contribution in [0, 0.1) is 17.0 Å². The van der Waals surface area contributed by atoms with Crippen LogP contribution in [-0.4, -0.2) is 35.4 Å². The fraction of sp³-hybridized carbons (Fsp3) is 0.409. The van der Waals surface area contributed by atoms with Crippen molar-refractivity contribution >= 4 is 23.2 Å². The van der Waals surface area contributed by atoms with E-state index < -0.39 is 4.92 Å². The first-order valence-electron chi connectivity index (χ1n) is 9.98. The number of halogens is 1. The first-order chi connectivity index (χ1) is 14.0. The smallest absolute Gasteiger partial charge is 0.288 e. The van der Waals surface area contributed by atoms with Crippen LogP contribution < -0.4 is 5.32 Å². The summed E-state index contributed by atoms with van der Waals surface area (Å²) in [6, 6.07) is 12.6. The highest BCUT2D eigenvalue weighted by Gasteiger charge is 2.23. The number of benzene rings is 2. The molecule has 1 N–H and O–H groups in total. The lowest BCUT2D eigenvalue weighted by Gasteiger charge is -2.31. The van der Waals surface area contributed by atoms with E-state index in [0.717, 1.165) is 25.9 Å². The van der Waals surface area contributed by atoms with Crippen molar-refractivity contribution in [1.29, 1.82) is 0 Å². The molecule has 1 aliphatic rings. The molecule has 29 heavy (non-hydrogen) atoms. The molecule has 0 saturated carbocycles. The average Bonchev–Trinajstić information content (AvgIpc) is 2.99. The van der Waals surface area contributed by atoms with Gasteiger partial charge in [-0.25, -0.2) is 0 Å². The Kier molecular flexibility index (Phi) is 7.23. The van der Waals surface area contributed by atoms with Crippen LogP contribution in [0.1, 0.15) is 53.2 Å². The van der Waals surface area contributed by atoms with Crippen LogP contribution in [0.5, 0.6) is 0 Å². The summed E-state index contributed by atoms with van der Waals surface area (Å²) in [5.41, 5.74) is 2.34. The van der Waals surface area contributed by atoms with E-state index in [1.54, 1.807) is 0 Å². The normalized spacial score (nSPS) is 16.1. The summed E-state index contributed by atoms with van der Waals surface area (Å²) < 4.78 is 0. The average molecular weight is 416 g/mol. The molecule has 6 nitrogen and oxygen atoms in total. The van der Waals surface area contributed by atoms with E-state index in [-0.39, 0.29) is 28.2 Å². The topological polar surface area (TPSA) is 75.5 Å². The number of aryl methyl sites for hydroxylation is 1. The summed E-state index contributed by atoms with van der Waals surface area (Å²) in [5.74, 6) is -0.336. The van der Waals surface area contributed by atoms with E-state index in [1.165, 1.54) is 42.2 Å². The number of rotatable bonds is 6. The van der Waals surface area contributed by atoms with Crippen molar-refractivity contribution in [2.75, 3.05) is 19.6 Å². The lowest BCUT2D eigenvalue weighted by molar-refractivity contribution is -0.384. The highest BCUT2D eigenvalue weighted by Crippen LogP contribution is 2.26. The monoisotopic (exact) mass is 415 g/mol. The first kappa shape index (κ1) is 21.3. The molecule has 1 atom stereocenters. The maximum Gasteiger partial charge on any atom is 0.288 e. The molecular weight excluding hydrogens is 390 g/mol. The van der Waals surface area contributed by atoms with Crippen LogP contribution in [0.15, 0.2) is 42.5 Å². The van der Waals surface area contributed by atoms with Gasteiger partial charge >= 0.3 is 0 Å². The number of amides is 1. The number of nitro groups is 1. The van der Waals surface area contributed by atoms with Crippen molar-refractivity contribution in [2.24, 2.45) is 0 Å². The number of nitrogens with one attached hydrogen (secondary N) is 1. The second kappa shape index (κ2) is 9.85. The molecule has 1 heterocycles. The summed E-state index contributed by atoms with van der Waals surface area (Å²) in [5, 5.41) is 14.1. The number of hydrogen-bond acceptors (Lipinski definition) is 4. The third-order valence-corrected chi connectivity index (χ3v) is 5.72. The van der Waals surface area contributed by atoms with Crippen molar-refractivity contribution in [3.63, 3.8) is 0 Å². The number of likely N-dealkylation sites (tertiary alicyclic amines) is 1. The van der Waals surface area contributed by atoms with Crippen LogP contribution in [0.25, 0.3) is 0 Å². The predicted molar refractivity (Wildman–Crippen MR) is 114 cm³/mol. The molecule has 1 aliphatic heterocycles. The molecule has 7 heteroatoms. The number of nitro benzene ring substituents is 1. The van der Waals surface area contributed by atoms with Gasteiger partial charge in [0.2, 0.25) is 0 Å². The maximum absolute atomic E-state index is 12.7. The molecule has 154 valence electrons. The molecule has 0 bridgehead atoms. The molecule has 1 fully saturated rings. The van der Waals surface area contributed by atoms with Crippen LogP contribution in [0.2, 0.25) is 5.02 Å². The number of hydrogen-bond donors (Lipinski definition) is 1. The standard InChI is InChI=1S/C22H26ClN3O3/c1-16-6-8-17(9-7-16)21(25-12-4-2-3-5-13-25)15-24-22(27)18-10-11-19(23)20(14-18)26(28)29/h6-11,14,21H,2-5,12-13,15H2,1H3,(H,24,27). The Hall–Kier alpha value is -2.44. The first-order valence-corrected chi connectivity index (χ1v) is 10.4. The number of carbonyl (C=O) groups excluding carboxylic acids is 1. The molecule has 2 aromatic carbocycles. The van der Waals surface area contributed by atoms with Gasteiger partial charge in [0.05, 0.1) is 11.0 Å². The fourth-order valence-corrected chi connectivity index (χ4v) is 3.92. The van der Waals surface area contributed by atoms with Crippen LogP contribution in [0.3, 0.4) is 0 Å². The van der Waals surface area contributed by atoms with E-state index in [1.807, 2.05) is 0 Å². The third kappa shape index (κ3) is 5.55. The molecular formula is C22H26ClN3O3. The third-order valence-electron chi connectivity index (χ3n) is 5.40. The quantitative estimate of drug-likeness (QED) is 0.537. The highest BCUT2D eigenvalue weighted by molar-refractivity contribution is 6.32. The Morgan fingerprint density at radius 1 is 1.14 bits per heavy atom. The molecule has 3 rings (SSSR count). The van der Waals surface area contributed by atoms with Crippen LogP contribution >= 0.6 is 11.6 Å².